The summed E-state index contributed by atoms with van der Waals surface area (Å²) in [5.74, 6) is -3.86. The summed E-state index contributed by atoms with van der Waals surface area (Å²) in [6.45, 7) is 0. The van der Waals surface area contributed by atoms with Gasteiger partial charge in [-0.1, -0.05) is 19.2 Å². The van der Waals surface area contributed by atoms with Gasteiger partial charge in [0.1, 0.15) is 18.9 Å². The first-order valence-corrected chi connectivity index (χ1v) is 6.66. The van der Waals surface area contributed by atoms with Gasteiger partial charge in [-0.3, -0.25) is 4.79 Å². The first-order chi connectivity index (χ1) is 9.47. The van der Waals surface area contributed by atoms with Gasteiger partial charge < -0.3 is 10.2 Å². The maximum absolute atomic E-state index is 13.1. The predicted octanol–water partition coefficient (Wildman–Crippen LogP) is 2.27. The van der Waals surface area contributed by atoms with E-state index >= 15 is 0 Å². The third-order valence-electron chi connectivity index (χ3n) is 3.76. The van der Waals surface area contributed by atoms with Gasteiger partial charge in [0, 0.05) is 6.07 Å². The van der Waals surface area contributed by atoms with Gasteiger partial charge in [0.25, 0.3) is 0 Å². The van der Waals surface area contributed by atoms with Crippen LogP contribution in [-0.2, 0) is 11.2 Å². The van der Waals surface area contributed by atoms with E-state index < -0.39 is 29.6 Å². The number of carbonyl (C=O) groups is 1. The fourth-order valence-corrected chi connectivity index (χ4v) is 2.75. The van der Waals surface area contributed by atoms with Gasteiger partial charge in [-0.15, -0.1) is 0 Å². The fraction of sp³-hybridized carbons (Fsp3) is 0.500. The molecule has 1 fully saturated rings. The van der Waals surface area contributed by atoms with Gasteiger partial charge in [0.2, 0.25) is 0 Å². The molecule has 2 N–H and O–H groups in total. The summed E-state index contributed by atoms with van der Waals surface area (Å²) in [6.07, 6.45) is 1.44. The molecule has 3 nitrogen and oxygen atoms in total. The number of carboxylic acid groups (broad SMARTS) is 1. The van der Waals surface area contributed by atoms with E-state index in [0.29, 0.717) is 0 Å². The molecule has 1 radical (unpaired) electrons. The third-order valence-corrected chi connectivity index (χ3v) is 3.76. The zero-order chi connectivity index (χ0) is 14.7. The summed E-state index contributed by atoms with van der Waals surface area (Å²) in [4.78, 5) is 11.3. The standard InChI is InChI=1S/C14H16BF2O3/c16-9-4-8(5-10(17)7-9)6-11(14(19)20)13(18)12-2-1-3-15-12/h4-5,7,11-13,18H,1-3,6H2,(H,19,20)/t11-,12+,13-/m0/s1. The molecule has 0 saturated carbocycles. The molecule has 6 heteroatoms. The first-order valence-electron chi connectivity index (χ1n) is 6.66. The first kappa shape index (κ1) is 15.0. The van der Waals surface area contributed by atoms with Crippen LogP contribution in [0.2, 0.25) is 12.1 Å². The van der Waals surface area contributed by atoms with Crippen molar-refractivity contribution in [3.63, 3.8) is 0 Å². The Hall–Kier alpha value is -1.43. The minimum Gasteiger partial charge on any atom is -0.481 e. The Morgan fingerprint density at radius 3 is 2.50 bits per heavy atom. The van der Waals surface area contributed by atoms with Crippen molar-refractivity contribution in [3.05, 3.63) is 35.4 Å². The van der Waals surface area contributed by atoms with E-state index in [-0.39, 0.29) is 17.8 Å². The van der Waals surface area contributed by atoms with Crippen LogP contribution < -0.4 is 0 Å². The Labute approximate surface area is 116 Å². The molecule has 0 aromatic heterocycles. The maximum Gasteiger partial charge on any atom is 0.309 e. The molecule has 1 heterocycles. The number of benzene rings is 1. The number of aliphatic carboxylic acids is 1. The average Bonchev–Trinajstić information content (AvgIpc) is 2.87. The molecule has 1 saturated heterocycles. The van der Waals surface area contributed by atoms with Crippen LogP contribution in [0.4, 0.5) is 8.78 Å². The van der Waals surface area contributed by atoms with Crippen molar-refractivity contribution in [3.8, 4) is 0 Å². The molecule has 20 heavy (non-hydrogen) atoms. The van der Waals surface area contributed by atoms with E-state index in [1.165, 1.54) is 0 Å². The van der Waals surface area contributed by atoms with Gasteiger partial charge in [0.05, 0.1) is 12.0 Å². The van der Waals surface area contributed by atoms with Gasteiger partial charge in [-0.25, -0.2) is 8.78 Å². The van der Waals surface area contributed by atoms with Crippen LogP contribution in [0, 0.1) is 17.6 Å². The molecule has 1 aromatic carbocycles. The lowest BCUT2D eigenvalue weighted by Crippen LogP contribution is -2.34. The van der Waals surface area contributed by atoms with Crippen LogP contribution in [-0.4, -0.2) is 29.6 Å². The molecule has 2 rings (SSSR count). The van der Waals surface area contributed by atoms with Crippen molar-refractivity contribution < 1.29 is 23.8 Å². The maximum atomic E-state index is 13.1. The van der Waals surface area contributed by atoms with Crippen molar-refractivity contribution in [1.29, 1.82) is 0 Å². The topological polar surface area (TPSA) is 57.5 Å². The Kier molecular flexibility index (Phi) is 4.75. The fourth-order valence-electron chi connectivity index (χ4n) is 2.75. The minimum atomic E-state index is -1.15. The second-order valence-electron chi connectivity index (χ2n) is 5.25. The number of carboxylic acids is 1. The summed E-state index contributed by atoms with van der Waals surface area (Å²) >= 11 is 0. The Morgan fingerprint density at radius 2 is 2.00 bits per heavy atom. The van der Waals surface area contributed by atoms with E-state index in [4.69, 9.17) is 0 Å². The zero-order valence-corrected chi connectivity index (χ0v) is 10.9. The van der Waals surface area contributed by atoms with E-state index in [0.717, 1.165) is 37.4 Å². The highest BCUT2D eigenvalue weighted by molar-refractivity contribution is 6.39. The van der Waals surface area contributed by atoms with Crippen LogP contribution in [0.5, 0.6) is 0 Å². The predicted molar refractivity (Wildman–Crippen MR) is 70.7 cm³/mol. The number of halogens is 2. The largest absolute Gasteiger partial charge is 0.481 e. The van der Waals surface area contributed by atoms with Crippen molar-refractivity contribution in [2.45, 2.75) is 37.5 Å². The average molecular weight is 281 g/mol. The highest BCUT2D eigenvalue weighted by atomic mass is 19.1. The lowest BCUT2D eigenvalue weighted by atomic mass is 9.62. The van der Waals surface area contributed by atoms with Crippen LogP contribution in [0.15, 0.2) is 18.2 Å². The molecule has 107 valence electrons. The molecule has 0 spiro atoms. The summed E-state index contributed by atoms with van der Waals surface area (Å²) in [6, 6.07) is 2.94. The van der Waals surface area contributed by atoms with Crippen LogP contribution in [0.1, 0.15) is 18.4 Å². The number of hydrogen-bond donors (Lipinski definition) is 2. The van der Waals surface area contributed by atoms with Crippen molar-refractivity contribution in [1.82, 2.24) is 0 Å². The molecule has 1 aliphatic rings. The molecule has 1 aliphatic heterocycles. The van der Waals surface area contributed by atoms with Crippen LogP contribution >= 0.6 is 0 Å². The Balaban J connectivity index is 2.14. The normalized spacial score (nSPS) is 21.2. The Morgan fingerprint density at radius 1 is 1.35 bits per heavy atom. The van der Waals surface area contributed by atoms with Gasteiger partial charge in [0.15, 0.2) is 0 Å². The van der Waals surface area contributed by atoms with E-state index in [9.17, 15) is 23.8 Å². The second kappa shape index (κ2) is 6.35. The van der Waals surface area contributed by atoms with Gasteiger partial charge in [-0.2, -0.15) is 0 Å². The lowest BCUT2D eigenvalue weighted by Gasteiger charge is -2.24. The SMILES string of the molecule is O=C(O)[C@@H](Cc1cc(F)cc(F)c1)[C@H](O)[C@@H]1[B]CCC1. The quantitative estimate of drug-likeness (QED) is 0.814. The Bertz CT molecular complexity index is 469. The molecule has 0 bridgehead atoms. The summed E-state index contributed by atoms with van der Waals surface area (Å²) in [5, 5.41) is 19.4. The zero-order valence-electron chi connectivity index (χ0n) is 10.9. The highest BCUT2D eigenvalue weighted by Crippen LogP contribution is 2.32. The van der Waals surface area contributed by atoms with Crippen LogP contribution in [0.3, 0.4) is 0 Å². The molecule has 0 aliphatic carbocycles. The molecular formula is C14H16BF2O3. The van der Waals surface area contributed by atoms with E-state index in [1.54, 1.807) is 0 Å². The number of hydrogen-bond acceptors (Lipinski definition) is 2. The van der Waals surface area contributed by atoms with Crippen LogP contribution in [0.25, 0.3) is 0 Å². The summed E-state index contributed by atoms with van der Waals surface area (Å²) in [5.41, 5.74) is 0.243. The molecule has 0 unspecified atom stereocenters. The molecule has 3 atom stereocenters. The van der Waals surface area contributed by atoms with Gasteiger partial charge >= 0.3 is 5.97 Å². The van der Waals surface area contributed by atoms with E-state index in [2.05, 4.69) is 0 Å². The second-order valence-corrected chi connectivity index (χ2v) is 5.25. The van der Waals surface area contributed by atoms with E-state index in [1.807, 2.05) is 7.28 Å². The third kappa shape index (κ3) is 3.57. The summed E-state index contributed by atoms with van der Waals surface area (Å²) < 4.78 is 26.3. The molecule has 0 amide bonds. The van der Waals surface area contributed by atoms with Gasteiger partial charge in [-0.05, 0) is 29.9 Å². The van der Waals surface area contributed by atoms with Crippen molar-refractivity contribution in [2.24, 2.45) is 5.92 Å². The molecule has 1 aromatic rings. The monoisotopic (exact) mass is 281 g/mol. The van der Waals surface area contributed by atoms with Crippen molar-refractivity contribution in [2.75, 3.05) is 0 Å². The number of rotatable bonds is 5. The summed E-state index contributed by atoms with van der Waals surface area (Å²) in [7, 11) is 1.92. The minimum absolute atomic E-state index is 0.0878. The molecular weight excluding hydrogens is 265 g/mol. The van der Waals surface area contributed by atoms with Crippen molar-refractivity contribution >= 4 is 13.2 Å². The number of aliphatic hydroxyl groups is 1. The highest BCUT2D eigenvalue weighted by Gasteiger charge is 2.34. The number of aliphatic hydroxyl groups excluding tert-OH is 1. The smallest absolute Gasteiger partial charge is 0.309 e. The lowest BCUT2D eigenvalue weighted by molar-refractivity contribution is -0.145.